The highest BCUT2D eigenvalue weighted by Crippen LogP contribution is 2.23. The van der Waals surface area contributed by atoms with Gasteiger partial charge in [-0.05, 0) is 26.3 Å². The number of aliphatic hydroxyl groups is 1. The number of carbonyl (C=O) groups is 1. The van der Waals surface area contributed by atoms with Gasteiger partial charge in [-0.25, -0.2) is 14.9 Å². The van der Waals surface area contributed by atoms with Crippen LogP contribution < -0.4 is 10.7 Å². The molecule has 9 heteroatoms. The Balaban J connectivity index is 1.69. The number of carbonyl (C=O) groups excluding carboxylic acids is 1. The SMILES string of the molecule is CC(C)(C)OC(=O)N1CNC2=C(CC(O)=CN(N3CCSCC3)N2)C1. The van der Waals surface area contributed by atoms with Crippen molar-refractivity contribution in [2.75, 3.05) is 37.8 Å². The van der Waals surface area contributed by atoms with Crippen molar-refractivity contribution in [3.8, 4) is 0 Å². The zero-order chi connectivity index (χ0) is 18.0. The first-order valence-corrected chi connectivity index (χ1v) is 9.69. The van der Waals surface area contributed by atoms with E-state index < -0.39 is 5.60 Å². The lowest BCUT2D eigenvalue weighted by Crippen LogP contribution is -2.55. The third-order valence-electron chi connectivity index (χ3n) is 4.02. The van der Waals surface area contributed by atoms with E-state index in [1.807, 2.05) is 37.7 Å². The Morgan fingerprint density at radius 1 is 1.32 bits per heavy atom. The zero-order valence-corrected chi connectivity index (χ0v) is 15.9. The first-order chi connectivity index (χ1) is 11.8. The summed E-state index contributed by atoms with van der Waals surface area (Å²) in [6, 6.07) is 0. The zero-order valence-electron chi connectivity index (χ0n) is 15.0. The van der Waals surface area contributed by atoms with E-state index in [1.165, 1.54) is 0 Å². The van der Waals surface area contributed by atoms with Crippen LogP contribution in [0.1, 0.15) is 27.2 Å². The van der Waals surface area contributed by atoms with Crippen LogP contribution in [-0.4, -0.2) is 69.6 Å². The lowest BCUT2D eigenvalue weighted by atomic mass is 10.1. The van der Waals surface area contributed by atoms with Gasteiger partial charge in [0.1, 0.15) is 17.2 Å². The Labute approximate surface area is 152 Å². The maximum absolute atomic E-state index is 12.3. The first kappa shape index (κ1) is 18.1. The van der Waals surface area contributed by atoms with Crippen molar-refractivity contribution in [1.29, 1.82) is 0 Å². The minimum atomic E-state index is -0.529. The molecule has 0 saturated carbocycles. The van der Waals surface area contributed by atoms with Crippen molar-refractivity contribution in [2.45, 2.75) is 32.8 Å². The van der Waals surface area contributed by atoms with Crippen molar-refractivity contribution < 1.29 is 14.6 Å². The number of allylic oxidation sites excluding steroid dienone is 1. The molecule has 0 unspecified atom stereocenters. The van der Waals surface area contributed by atoms with E-state index in [9.17, 15) is 9.90 Å². The van der Waals surface area contributed by atoms with Crippen LogP contribution >= 0.6 is 11.8 Å². The lowest BCUT2D eigenvalue weighted by molar-refractivity contribution is -0.0111. The molecule has 1 amide bonds. The number of hydrazine groups is 2. The fraction of sp³-hybridized carbons (Fsp3) is 0.688. The van der Waals surface area contributed by atoms with Crippen molar-refractivity contribution in [1.82, 2.24) is 25.8 Å². The highest BCUT2D eigenvalue weighted by Gasteiger charge is 2.30. The molecule has 0 aromatic heterocycles. The van der Waals surface area contributed by atoms with Gasteiger partial charge in [-0.15, -0.1) is 0 Å². The predicted molar refractivity (Wildman–Crippen MR) is 97.2 cm³/mol. The summed E-state index contributed by atoms with van der Waals surface area (Å²) in [7, 11) is 0. The maximum Gasteiger partial charge on any atom is 0.412 e. The molecule has 0 aromatic rings. The number of aliphatic hydroxyl groups excluding tert-OH is 1. The van der Waals surface area contributed by atoms with Gasteiger partial charge in [0, 0.05) is 31.0 Å². The molecule has 0 aromatic carbocycles. The summed E-state index contributed by atoms with van der Waals surface area (Å²) < 4.78 is 5.44. The standard InChI is InChI=1S/C16H27N5O3S/c1-16(2,3)24-15(23)19-9-12-8-13(22)10-21(18-14(12)17-11-19)20-4-6-25-7-5-20/h10,17-18,22H,4-9,11H2,1-3H3. The van der Waals surface area contributed by atoms with Gasteiger partial charge in [-0.1, -0.05) is 0 Å². The van der Waals surface area contributed by atoms with E-state index in [0.717, 1.165) is 36.0 Å². The van der Waals surface area contributed by atoms with Crippen molar-refractivity contribution in [3.63, 3.8) is 0 Å². The highest BCUT2D eigenvalue weighted by atomic mass is 32.2. The summed E-state index contributed by atoms with van der Waals surface area (Å²) in [6.45, 7) is 8.19. The Morgan fingerprint density at radius 3 is 2.72 bits per heavy atom. The van der Waals surface area contributed by atoms with Crippen LogP contribution in [0.2, 0.25) is 0 Å². The van der Waals surface area contributed by atoms with E-state index in [4.69, 9.17) is 4.74 Å². The smallest absolute Gasteiger partial charge is 0.412 e. The summed E-state index contributed by atoms with van der Waals surface area (Å²) in [5, 5.41) is 17.6. The predicted octanol–water partition coefficient (Wildman–Crippen LogP) is 1.57. The molecule has 8 nitrogen and oxygen atoms in total. The third-order valence-corrected chi connectivity index (χ3v) is 4.96. The third kappa shape index (κ3) is 4.66. The number of hydrogen-bond donors (Lipinski definition) is 3. The second kappa shape index (κ2) is 7.25. The highest BCUT2D eigenvalue weighted by molar-refractivity contribution is 7.99. The molecule has 0 bridgehead atoms. The Hall–Kier alpha value is -1.74. The number of thioether (sulfide) groups is 1. The molecule has 3 N–H and O–H groups in total. The fourth-order valence-electron chi connectivity index (χ4n) is 2.86. The molecule has 1 saturated heterocycles. The van der Waals surface area contributed by atoms with Gasteiger partial charge in [0.25, 0.3) is 0 Å². The number of nitrogens with zero attached hydrogens (tertiary/aromatic N) is 3. The van der Waals surface area contributed by atoms with Crippen LogP contribution in [0.4, 0.5) is 4.79 Å². The molecule has 3 rings (SSSR count). The van der Waals surface area contributed by atoms with E-state index >= 15 is 0 Å². The summed E-state index contributed by atoms with van der Waals surface area (Å²) in [4.78, 5) is 13.9. The van der Waals surface area contributed by atoms with E-state index in [0.29, 0.717) is 19.6 Å². The van der Waals surface area contributed by atoms with Crippen LogP contribution in [0.25, 0.3) is 0 Å². The van der Waals surface area contributed by atoms with Crippen LogP contribution in [0.5, 0.6) is 0 Å². The van der Waals surface area contributed by atoms with Crippen LogP contribution in [0, 0.1) is 0 Å². The van der Waals surface area contributed by atoms with Gasteiger partial charge in [0.05, 0.1) is 19.4 Å². The Morgan fingerprint density at radius 2 is 2.04 bits per heavy atom. The number of nitrogens with one attached hydrogen (secondary N) is 2. The molecule has 0 atom stereocenters. The molecule has 3 heterocycles. The Kier molecular flexibility index (Phi) is 5.24. The molecule has 1 fully saturated rings. The quantitative estimate of drug-likeness (QED) is 0.643. The van der Waals surface area contributed by atoms with Crippen molar-refractivity contribution >= 4 is 17.9 Å². The number of amides is 1. The molecule has 0 spiro atoms. The monoisotopic (exact) mass is 369 g/mol. The minimum Gasteiger partial charge on any atom is -0.510 e. The summed E-state index contributed by atoms with van der Waals surface area (Å²) in [5.41, 5.74) is 3.73. The van der Waals surface area contributed by atoms with E-state index in [2.05, 4.69) is 15.8 Å². The normalized spacial score (nSPS) is 22.4. The molecule has 25 heavy (non-hydrogen) atoms. The molecule has 3 aliphatic heterocycles. The van der Waals surface area contributed by atoms with Gasteiger partial charge in [0.2, 0.25) is 0 Å². The van der Waals surface area contributed by atoms with Crippen molar-refractivity contribution in [2.24, 2.45) is 0 Å². The lowest BCUT2D eigenvalue weighted by Gasteiger charge is -2.38. The van der Waals surface area contributed by atoms with E-state index in [-0.39, 0.29) is 11.9 Å². The Bertz CT molecular complexity index is 581. The minimum absolute atomic E-state index is 0.267. The molecule has 3 aliphatic rings. The van der Waals surface area contributed by atoms with Gasteiger partial charge >= 0.3 is 6.09 Å². The second-order valence-corrected chi connectivity index (χ2v) is 8.54. The van der Waals surface area contributed by atoms with Gasteiger partial charge in [-0.2, -0.15) is 11.8 Å². The number of hydrogen-bond acceptors (Lipinski definition) is 8. The van der Waals surface area contributed by atoms with Crippen molar-refractivity contribution in [3.05, 3.63) is 23.4 Å². The fourth-order valence-corrected chi connectivity index (χ4v) is 3.74. The van der Waals surface area contributed by atoms with Crippen LogP contribution in [0.3, 0.4) is 0 Å². The maximum atomic E-state index is 12.3. The van der Waals surface area contributed by atoms with Crippen LogP contribution in [-0.2, 0) is 4.74 Å². The van der Waals surface area contributed by atoms with Gasteiger partial charge in [-0.3, -0.25) is 10.3 Å². The van der Waals surface area contributed by atoms with E-state index in [1.54, 1.807) is 11.1 Å². The first-order valence-electron chi connectivity index (χ1n) is 8.54. The van der Waals surface area contributed by atoms with Crippen LogP contribution in [0.15, 0.2) is 23.4 Å². The van der Waals surface area contributed by atoms with Gasteiger partial charge < -0.3 is 15.2 Å². The number of ether oxygens (including phenoxy) is 1. The summed E-state index contributed by atoms with van der Waals surface area (Å²) >= 11 is 1.93. The summed E-state index contributed by atoms with van der Waals surface area (Å²) in [5.74, 6) is 3.25. The average molecular weight is 369 g/mol. The average Bonchev–Trinajstić information content (AvgIpc) is 2.71. The second-order valence-electron chi connectivity index (χ2n) is 7.31. The molecule has 0 aliphatic carbocycles. The largest absolute Gasteiger partial charge is 0.510 e. The molecule has 140 valence electrons. The molecular weight excluding hydrogens is 342 g/mol. The topological polar surface area (TPSA) is 80.3 Å². The molecule has 0 radical (unpaired) electrons. The molecular formula is C16H27N5O3S. The number of rotatable bonds is 1. The summed E-state index contributed by atoms with van der Waals surface area (Å²) in [6.07, 6.45) is 1.76. The van der Waals surface area contributed by atoms with Gasteiger partial charge in [0.15, 0.2) is 0 Å².